The van der Waals surface area contributed by atoms with Gasteiger partial charge in [0.25, 0.3) is 5.91 Å². The van der Waals surface area contributed by atoms with Crippen LogP contribution in [0, 0.1) is 6.92 Å². The lowest BCUT2D eigenvalue weighted by Crippen LogP contribution is -2.41. The zero-order valence-corrected chi connectivity index (χ0v) is 8.77. The fourth-order valence-electron chi connectivity index (χ4n) is 1.19. The molecule has 1 atom stereocenters. The zero-order valence-electron chi connectivity index (χ0n) is 8.77. The number of amides is 1. The van der Waals surface area contributed by atoms with Crippen molar-refractivity contribution in [1.29, 1.82) is 0 Å². The first-order chi connectivity index (χ1) is 7.54. The van der Waals surface area contributed by atoms with Crippen LogP contribution in [-0.2, 0) is 4.79 Å². The smallest absolute Gasteiger partial charge is 0.326 e. The molecular weight excluding hydrogens is 214 g/mol. The number of hydrogen-bond donors (Lipinski definition) is 3. The third kappa shape index (κ3) is 3.09. The van der Waals surface area contributed by atoms with E-state index in [4.69, 9.17) is 14.6 Å². The SMILES string of the molecule is Cc1cc(C(=O)N[C@H](CCO)C(=O)O)co1. The summed E-state index contributed by atoms with van der Waals surface area (Å²) in [5.74, 6) is -1.14. The Morgan fingerprint density at radius 3 is 2.69 bits per heavy atom. The monoisotopic (exact) mass is 227 g/mol. The first-order valence-electron chi connectivity index (χ1n) is 4.74. The van der Waals surface area contributed by atoms with Gasteiger partial charge in [0.15, 0.2) is 0 Å². The molecule has 0 radical (unpaired) electrons. The van der Waals surface area contributed by atoms with E-state index >= 15 is 0 Å². The van der Waals surface area contributed by atoms with E-state index in [1.54, 1.807) is 6.92 Å². The van der Waals surface area contributed by atoms with E-state index in [0.29, 0.717) is 5.76 Å². The van der Waals surface area contributed by atoms with Crippen LogP contribution in [-0.4, -0.2) is 34.7 Å². The van der Waals surface area contributed by atoms with Crippen LogP contribution in [0.2, 0.25) is 0 Å². The summed E-state index contributed by atoms with van der Waals surface area (Å²) in [6, 6.07) is 0.417. The molecule has 0 fully saturated rings. The summed E-state index contributed by atoms with van der Waals surface area (Å²) in [5, 5.41) is 19.7. The molecule has 0 unspecified atom stereocenters. The molecule has 1 rings (SSSR count). The lowest BCUT2D eigenvalue weighted by Gasteiger charge is -2.11. The molecule has 1 aromatic heterocycles. The number of carbonyl (C=O) groups excluding carboxylic acids is 1. The number of aryl methyl sites for hydroxylation is 1. The summed E-state index contributed by atoms with van der Waals surface area (Å²) in [5.41, 5.74) is 0.265. The highest BCUT2D eigenvalue weighted by Crippen LogP contribution is 2.06. The first kappa shape index (κ1) is 12.3. The normalized spacial score (nSPS) is 12.1. The molecule has 1 amide bonds. The molecule has 6 nitrogen and oxygen atoms in total. The minimum absolute atomic E-state index is 0.0299. The van der Waals surface area contributed by atoms with Gasteiger partial charge < -0.3 is 19.9 Å². The van der Waals surface area contributed by atoms with E-state index in [1.807, 2.05) is 0 Å². The molecule has 3 N–H and O–H groups in total. The molecule has 6 heteroatoms. The van der Waals surface area contributed by atoms with Gasteiger partial charge in [-0.1, -0.05) is 0 Å². The van der Waals surface area contributed by atoms with Crippen LogP contribution in [0.3, 0.4) is 0 Å². The highest BCUT2D eigenvalue weighted by Gasteiger charge is 2.20. The quantitative estimate of drug-likeness (QED) is 0.665. The summed E-state index contributed by atoms with van der Waals surface area (Å²) in [4.78, 5) is 22.2. The Balaban J connectivity index is 2.65. The second kappa shape index (κ2) is 5.32. The van der Waals surface area contributed by atoms with Gasteiger partial charge in [0.05, 0.1) is 5.56 Å². The van der Waals surface area contributed by atoms with E-state index in [0.717, 1.165) is 0 Å². The van der Waals surface area contributed by atoms with Crippen molar-refractivity contribution in [3.8, 4) is 0 Å². The van der Waals surface area contributed by atoms with E-state index in [2.05, 4.69) is 5.32 Å². The Hall–Kier alpha value is -1.82. The van der Waals surface area contributed by atoms with Crippen molar-refractivity contribution in [2.45, 2.75) is 19.4 Å². The third-order valence-corrected chi connectivity index (χ3v) is 2.01. The van der Waals surface area contributed by atoms with Gasteiger partial charge in [0.2, 0.25) is 0 Å². The van der Waals surface area contributed by atoms with Crippen LogP contribution in [0.1, 0.15) is 22.5 Å². The number of carboxylic acids is 1. The largest absolute Gasteiger partial charge is 0.480 e. The number of hydrogen-bond acceptors (Lipinski definition) is 4. The predicted octanol–water partition coefficient (Wildman–Crippen LogP) is 0.153. The Kier molecular flexibility index (Phi) is 4.07. The lowest BCUT2D eigenvalue weighted by molar-refractivity contribution is -0.139. The fourth-order valence-corrected chi connectivity index (χ4v) is 1.19. The maximum Gasteiger partial charge on any atom is 0.326 e. The fraction of sp³-hybridized carbons (Fsp3) is 0.400. The van der Waals surface area contributed by atoms with Gasteiger partial charge in [-0.05, 0) is 13.0 Å². The number of aliphatic carboxylic acids is 1. The van der Waals surface area contributed by atoms with Gasteiger partial charge in [0, 0.05) is 13.0 Å². The van der Waals surface area contributed by atoms with Gasteiger partial charge in [-0.25, -0.2) is 4.79 Å². The molecule has 0 saturated heterocycles. The van der Waals surface area contributed by atoms with Crippen molar-refractivity contribution in [3.63, 3.8) is 0 Å². The van der Waals surface area contributed by atoms with Crippen LogP contribution in [0.25, 0.3) is 0 Å². The van der Waals surface area contributed by atoms with E-state index in [9.17, 15) is 9.59 Å². The molecular formula is C10H13NO5. The Morgan fingerprint density at radius 1 is 1.56 bits per heavy atom. The molecule has 0 aliphatic heterocycles. The van der Waals surface area contributed by atoms with Gasteiger partial charge in [-0.15, -0.1) is 0 Å². The molecule has 16 heavy (non-hydrogen) atoms. The number of carboxylic acid groups (broad SMARTS) is 1. The van der Waals surface area contributed by atoms with Crippen molar-refractivity contribution >= 4 is 11.9 Å². The maximum atomic E-state index is 11.5. The average Bonchev–Trinajstić information content (AvgIpc) is 2.64. The average molecular weight is 227 g/mol. The van der Waals surface area contributed by atoms with Gasteiger partial charge in [-0.2, -0.15) is 0 Å². The van der Waals surface area contributed by atoms with Crippen molar-refractivity contribution < 1.29 is 24.2 Å². The van der Waals surface area contributed by atoms with Crippen LogP contribution in [0.15, 0.2) is 16.7 Å². The van der Waals surface area contributed by atoms with Crippen molar-refractivity contribution in [3.05, 3.63) is 23.7 Å². The van der Waals surface area contributed by atoms with Crippen LogP contribution in [0.5, 0.6) is 0 Å². The van der Waals surface area contributed by atoms with E-state index in [1.165, 1.54) is 12.3 Å². The standard InChI is InChI=1S/C10H13NO5/c1-6-4-7(5-16-6)9(13)11-8(2-3-12)10(14)15/h4-5,8,12H,2-3H2,1H3,(H,11,13)(H,14,15)/t8-/m1/s1. The van der Waals surface area contributed by atoms with Crippen LogP contribution >= 0.6 is 0 Å². The summed E-state index contributed by atoms with van der Waals surface area (Å²) < 4.78 is 4.93. The molecule has 0 spiro atoms. The molecule has 0 aromatic carbocycles. The molecule has 1 aromatic rings. The Labute approximate surface area is 91.9 Å². The summed E-state index contributed by atoms with van der Waals surface area (Å²) in [6.07, 6.45) is 1.22. The van der Waals surface area contributed by atoms with Gasteiger partial charge in [0.1, 0.15) is 18.1 Å². The van der Waals surface area contributed by atoms with Crippen molar-refractivity contribution in [2.75, 3.05) is 6.61 Å². The molecule has 88 valence electrons. The molecule has 0 bridgehead atoms. The van der Waals surface area contributed by atoms with Crippen molar-refractivity contribution in [1.82, 2.24) is 5.32 Å². The number of furan rings is 1. The summed E-state index contributed by atoms with van der Waals surface area (Å²) >= 11 is 0. The Morgan fingerprint density at radius 2 is 2.25 bits per heavy atom. The third-order valence-electron chi connectivity index (χ3n) is 2.01. The summed E-state index contributed by atoms with van der Waals surface area (Å²) in [7, 11) is 0. The van der Waals surface area contributed by atoms with Gasteiger partial charge >= 0.3 is 5.97 Å². The van der Waals surface area contributed by atoms with Crippen LogP contribution in [0.4, 0.5) is 0 Å². The predicted molar refractivity (Wildman–Crippen MR) is 54.0 cm³/mol. The number of nitrogens with one attached hydrogen (secondary N) is 1. The minimum atomic E-state index is -1.18. The molecule has 0 aliphatic rings. The number of aliphatic hydroxyl groups is 1. The van der Waals surface area contributed by atoms with E-state index in [-0.39, 0.29) is 18.6 Å². The first-order valence-corrected chi connectivity index (χ1v) is 4.74. The lowest BCUT2D eigenvalue weighted by atomic mass is 10.2. The molecule has 0 aliphatic carbocycles. The summed E-state index contributed by atoms with van der Waals surface area (Å²) in [6.45, 7) is 1.38. The molecule has 0 saturated carbocycles. The second-order valence-corrected chi connectivity index (χ2v) is 3.32. The second-order valence-electron chi connectivity index (χ2n) is 3.32. The van der Waals surface area contributed by atoms with Gasteiger partial charge in [-0.3, -0.25) is 4.79 Å². The number of rotatable bonds is 5. The van der Waals surface area contributed by atoms with Crippen LogP contribution < -0.4 is 5.32 Å². The number of carbonyl (C=O) groups is 2. The maximum absolute atomic E-state index is 11.5. The highest BCUT2D eigenvalue weighted by atomic mass is 16.4. The Bertz CT molecular complexity index is 384. The van der Waals surface area contributed by atoms with E-state index < -0.39 is 17.9 Å². The topological polar surface area (TPSA) is 99.8 Å². The highest BCUT2D eigenvalue weighted by molar-refractivity contribution is 5.96. The molecule has 1 heterocycles. The van der Waals surface area contributed by atoms with Crippen molar-refractivity contribution in [2.24, 2.45) is 0 Å². The zero-order chi connectivity index (χ0) is 12.1. The number of aliphatic hydroxyl groups excluding tert-OH is 1. The minimum Gasteiger partial charge on any atom is -0.480 e.